The smallest absolute Gasteiger partial charge is 0.759 e. The van der Waals surface area contributed by atoms with Crippen LogP contribution in [0.2, 0.25) is 0 Å². The summed E-state index contributed by atoms with van der Waals surface area (Å²) in [7, 11) is -10.3. The van der Waals surface area contributed by atoms with E-state index in [0.29, 0.717) is 0 Å². The average Bonchev–Trinajstić information content (AvgIpc) is 1.12. The first kappa shape index (κ1) is 165. The predicted molar refractivity (Wildman–Crippen MR) is 71.9 cm³/mol. The van der Waals surface area contributed by atoms with E-state index in [4.69, 9.17) is 35.0 Å². The van der Waals surface area contributed by atoms with Crippen LogP contribution in [0.25, 0.3) is 0 Å². The van der Waals surface area contributed by atoms with Gasteiger partial charge in [0, 0.05) is 20.8 Å². The molecule has 24 heteroatoms. The van der Waals surface area contributed by atoms with Crippen molar-refractivity contribution in [2.75, 3.05) is 0 Å². The van der Waals surface area contributed by atoms with Gasteiger partial charge in [-0.1, -0.05) is 0 Å². The van der Waals surface area contributed by atoms with Gasteiger partial charge in [0.25, 0.3) is 0 Å². The molecule has 0 fully saturated rings. The zero-order valence-electron chi connectivity index (χ0n) is 12.0. The Hall–Kier alpha value is 1.84. The number of rotatable bonds is 0. The van der Waals surface area contributed by atoms with Crippen molar-refractivity contribution in [2.24, 2.45) is 0 Å². The van der Waals surface area contributed by atoms with Crippen molar-refractivity contribution in [3.05, 3.63) is 0 Å². The zero-order valence-corrected chi connectivity index (χ0v) is 21.1. The van der Waals surface area contributed by atoms with E-state index in [9.17, 15) is 0 Å². The molecule has 1 radical (unpaired) electrons. The van der Waals surface area contributed by atoms with Gasteiger partial charge in [-0.3, -0.25) is 16.8 Å². The van der Waals surface area contributed by atoms with Crippen LogP contribution in [0.1, 0.15) is 0 Å². The first-order valence-electron chi connectivity index (χ1n) is 1.33. The fraction of sp³-hybridized carbons (Fsp3) is 0. The van der Waals surface area contributed by atoms with Crippen molar-refractivity contribution in [2.45, 2.75) is 0 Å². The van der Waals surface area contributed by atoms with Crippen LogP contribution in [0.5, 0.6) is 0 Å². The van der Waals surface area contributed by atoms with E-state index < -0.39 is 20.8 Å². The third-order valence-corrected chi connectivity index (χ3v) is 0. The minimum absolute atomic E-state index is 0. The molecule has 0 aromatic heterocycles. The summed E-state index contributed by atoms with van der Waals surface area (Å²) in [6.45, 7) is 0. The van der Waals surface area contributed by atoms with Gasteiger partial charge in [-0.25, -0.2) is 0 Å². The maximum Gasteiger partial charge on any atom is 3.00 e. The first-order chi connectivity index (χ1) is 4.00. The minimum atomic E-state index is -5.17. The molecule has 0 unspecified atom stereocenters. The van der Waals surface area contributed by atoms with Crippen molar-refractivity contribution in [3.63, 3.8) is 0 Å². The molecule has 0 amide bonds. The van der Waals surface area contributed by atoms with Crippen LogP contribution in [0.4, 0.5) is 0 Å². The second-order valence-electron chi connectivity index (χ2n) is 0.816. The molecule has 24 heavy (non-hydrogen) atoms. The summed E-state index contributed by atoms with van der Waals surface area (Å²) >= 11 is 0. The van der Waals surface area contributed by atoms with Gasteiger partial charge in [0.2, 0.25) is 0 Å². The largest absolute Gasteiger partial charge is 3.00 e. The molecule has 0 bridgehead atoms. The molecule has 0 rings (SSSR count). The molecule has 0 spiro atoms. The summed E-state index contributed by atoms with van der Waals surface area (Å²) in [5.74, 6) is 0. The molecule has 0 aliphatic rings. The summed E-state index contributed by atoms with van der Waals surface area (Å²) < 4.78 is 68.2. The molecule has 0 aliphatic heterocycles. The van der Waals surface area contributed by atoms with Gasteiger partial charge in [0.05, 0.1) is 0 Å². The molecule has 0 heterocycles. The first-order valence-corrected chi connectivity index (χ1v) is 4.00. The average molecular weight is 599 g/mol. The molecule has 0 saturated heterocycles. The van der Waals surface area contributed by atoms with Crippen LogP contribution in [-0.4, -0.2) is 67.9 Å². The normalized spacial score (nSPS) is 4.83. The number of hydrogen-bond donors (Lipinski definition) is 0. The van der Waals surface area contributed by atoms with Crippen LogP contribution in [0.3, 0.4) is 0 Å². The van der Waals surface area contributed by atoms with Gasteiger partial charge >= 0.3 is 86.3 Å². The minimum Gasteiger partial charge on any atom is -0.759 e. The summed E-state index contributed by atoms with van der Waals surface area (Å²) in [6, 6.07) is 0. The Morgan fingerprint density at radius 1 is 0.417 bits per heavy atom. The van der Waals surface area contributed by atoms with Crippen LogP contribution >= 0.6 is 0 Å². The summed E-state index contributed by atoms with van der Waals surface area (Å²) in [5.41, 5.74) is 0. The Labute approximate surface area is 205 Å². The van der Waals surface area contributed by atoms with Gasteiger partial charge in [0.15, 0.2) is 0 Å². The molecule has 0 atom stereocenters. The molecule has 0 saturated carbocycles. The quantitative estimate of drug-likeness (QED) is 0.146. The molecule has 20 nitrogen and oxygen atoms in total. The van der Waals surface area contributed by atoms with E-state index in [-0.39, 0.29) is 152 Å². The third-order valence-electron chi connectivity index (χ3n) is 0. The molecule has 163 valence electrons. The van der Waals surface area contributed by atoms with E-state index in [1.807, 2.05) is 0 Å². The summed E-state index contributed by atoms with van der Waals surface area (Å²) in [6.07, 6.45) is 0. The van der Waals surface area contributed by atoms with Crippen molar-refractivity contribution < 1.29 is 187 Å². The van der Waals surface area contributed by atoms with Gasteiger partial charge in [0.1, 0.15) is 0 Å². The molecule has 0 aromatic rings. The Bertz CT molecular complexity index is 218. The SMILES string of the molecule is O.O.O.O.O.O.O=S(=O)([O-])[O-].O=S(=O)([O-])[O-].[Cr+3].[Cs+].[OH3+].[OH3+].[OH3+].[OH3+].[OH3+].[OH3+]. The van der Waals surface area contributed by atoms with Crippen molar-refractivity contribution in [1.29, 1.82) is 0 Å². The Morgan fingerprint density at radius 2 is 0.417 bits per heavy atom. The third kappa shape index (κ3) is 3660. The van der Waals surface area contributed by atoms with E-state index in [2.05, 4.69) is 0 Å². The molecule has 30 N–H and O–H groups in total. The van der Waals surface area contributed by atoms with E-state index in [0.717, 1.165) is 0 Å². The van der Waals surface area contributed by atoms with Gasteiger partial charge in [-0.2, -0.15) is 0 Å². The second-order valence-corrected chi connectivity index (χ2v) is 2.45. The fourth-order valence-electron chi connectivity index (χ4n) is 0. The fourth-order valence-corrected chi connectivity index (χ4v) is 0. The van der Waals surface area contributed by atoms with E-state index in [1.54, 1.807) is 0 Å². The molecular weight excluding hydrogens is 569 g/mol. The zero-order chi connectivity index (χ0) is 9.00. The summed E-state index contributed by atoms with van der Waals surface area (Å²) in [4.78, 5) is 0. The predicted octanol–water partition coefficient (Wildman–Crippen LogP) is -16.2. The van der Waals surface area contributed by atoms with Crippen molar-refractivity contribution in [1.82, 2.24) is 0 Å². The monoisotopic (exact) mass is 599 g/mol. The van der Waals surface area contributed by atoms with E-state index in [1.165, 1.54) is 0 Å². The van der Waals surface area contributed by atoms with Crippen molar-refractivity contribution in [3.8, 4) is 0 Å². The maximum atomic E-state index is 8.52. The van der Waals surface area contributed by atoms with Crippen LogP contribution in [0, 0.1) is 0 Å². The van der Waals surface area contributed by atoms with E-state index >= 15 is 0 Å². The van der Waals surface area contributed by atoms with Crippen LogP contribution in [-0.2, 0) is 71.0 Å². The Morgan fingerprint density at radius 3 is 0.417 bits per heavy atom. The standard InChI is InChI=1S/Cr.Cs.2H2O4S.12H2O/c;;2*1-5(2,3)4;;;;;;;;;;;;/h;;2*(H2,1,2,3,4);12*1H2/q+3;+1;;;;;;;;;;;;;;/p+2. The Kier molecular flexibility index (Phi) is 505. The van der Waals surface area contributed by atoms with Gasteiger partial charge in [-0.05, 0) is 0 Å². The maximum absolute atomic E-state index is 8.52. The van der Waals surface area contributed by atoms with Crippen molar-refractivity contribution >= 4 is 20.8 Å². The van der Waals surface area contributed by atoms with Gasteiger partial charge in [-0.15, -0.1) is 0 Å². The molecular formula is H30CrCsO20S2+6. The molecule has 0 aliphatic carbocycles. The molecule has 0 aromatic carbocycles. The number of hydrogen-bond acceptors (Lipinski definition) is 8. The van der Waals surface area contributed by atoms with Crippen LogP contribution < -0.4 is 68.9 Å². The topological polar surface area (TPSA) is 548 Å². The van der Waals surface area contributed by atoms with Crippen LogP contribution in [0.15, 0.2) is 0 Å². The Balaban J connectivity index is -0.00000000241. The van der Waals surface area contributed by atoms with Gasteiger partial charge < -0.3 is 83.9 Å². The summed E-state index contributed by atoms with van der Waals surface area (Å²) in [5, 5.41) is 0. The second kappa shape index (κ2) is 73.7.